The third-order valence-electron chi connectivity index (χ3n) is 3.73. The monoisotopic (exact) mass is 374 g/mol. The Labute approximate surface area is 154 Å². The molecule has 0 saturated heterocycles. The molecule has 0 radical (unpaired) electrons. The number of nitrogens with zero attached hydrogens (tertiary/aromatic N) is 2. The number of anilines is 1. The van der Waals surface area contributed by atoms with E-state index in [0.29, 0.717) is 17.3 Å². The summed E-state index contributed by atoms with van der Waals surface area (Å²) >= 11 is 7.39. The highest BCUT2D eigenvalue weighted by atomic mass is 35.5. The molecule has 3 aromatic rings. The first-order chi connectivity index (χ1) is 12.1. The van der Waals surface area contributed by atoms with Crippen molar-refractivity contribution < 1.29 is 9.18 Å². The van der Waals surface area contributed by atoms with Crippen LogP contribution in [-0.2, 0) is 11.2 Å². The zero-order chi connectivity index (χ0) is 17.8. The maximum absolute atomic E-state index is 13.1. The van der Waals surface area contributed by atoms with Crippen molar-refractivity contribution in [3.05, 3.63) is 70.4 Å². The molecule has 0 aliphatic rings. The first-order valence-corrected chi connectivity index (χ1v) is 9.09. The largest absolute Gasteiger partial charge is 0.312 e. The van der Waals surface area contributed by atoms with Crippen molar-refractivity contribution in [2.75, 3.05) is 11.4 Å². The van der Waals surface area contributed by atoms with E-state index in [9.17, 15) is 9.18 Å². The standard InChI is InChI=1S/C19H16ClFN2OS/c1-2-23(17-9-7-15(21)8-10-17)18(24)11-16-12-25-19(22-16)13-3-5-14(20)6-4-13/h3-10,12H,2,11H2,1H3. The molecule has 6 heteroatoms. The molecule has 0 unspecified atom stereocenters. The van der Waals surface area contributed by atoms with E-state index < -0.39 is 0 Å². The summed E-state index contributed by atoms with van der Waals surface area (Å²) in [6.45, 7) is 2.40. The van der Waals surface area contributed by atoms with Gasteiger partial charge in [-0.2, -0.15) is 0 Å². The SMILES string of the molecule is CCN(C(=O)Cc1csc(-c2ccc(Cl)cc2)n1)c1ccc(F)cc1. The molecule has 0 N–H and O–H groups in total. The average Bonchev–Trinajstić information content (AvgIpc) is 3.06. The van der Waals surface area contributed by atoms with Gasteiger partial charge in [0.1, 0.15) is 10.8 Å². The van der Waals surface area contributed by atoms with Gasteiger partial charge in [-0.15, -0.1) is 11.3 Å². The fraction of sp³-hybridized carbons (Fsp3) is 0.158. The van der Waals surface area contributed by atoms with Gasteiger partial charge in [0, 0.05) is 28.2 Å². The number of hydrogen-bond acceptors (Lipinski definition) is 3. The van der Waals surface area contributed by atoms with Gasteiger partial charge >= 0.3 is 0 Å². The van der Waals surface area contributed by atoms with Gasteiger partial charge in [0.25, 0.3) is 0 Å². The molecule has 0 bridgehead atoms. The number of halogens is 2. The second-order valence-electron chi connectivity index (χ2n) is 5.44. The summed E-state index contributed by atoms with van der Waals surface area (Å²) in [6.07, 6.45) is 0.204. The van der Waals surface area contributed by atoms with E-state index in [4.69, 9.17) is 11.6 Å². The Morgan fingerprint density at radius 1 is 1.16 bits per heavy atom. The van der Waals surface area contributed by atoms with Gasteiger partial charge in [-0.1, -0.05) is 23.7 Å². The normalized spacial score (nSPS) is 10.7. The summed E-state index contributed by atoms with van der Waals surface area (Å²) in [5.41, 5.74) is 2.38. The minimum atomic E-state index is -0.320. The van der Waals surface area contributed by atoms with E-state index in [1.54, 1.807) is 17.0 Å². The Balaban J connectivity index is 1.74. The van der Waals surface area contributed by atoms with Crippen molar-refractivity contribution in [2.24, 2.45) is 0 Å². The zero-order valence-electron chi connectivity index (χ0n) is 13.6. The van der Waals surface area contributed by atoms with Crippen LogP contribution in [0.3, 0.4) is 0 Å². The van der Waals surface area contributed by atoms with Crippen LogP contribution in [0.15, 0.2) is 53.9 Å². The molecule has 0 spiro atoms. The van der Waals surface area contributed by atoms with Crippen LogP contribution in [-0.4, -0.2) is 17.4 Å². The third kappa shape index (κ3) is 4.24. The van der Waals surface area contributed by atoms with Gasteiger partial charge in [-0.3, -0.25) is 4.79 Å². The van der Waals surface area contributed by atoms with Crippen LogP contribution in [0.1, 0.15) is 12.6 Å². The first-order valence-electron chi connectivity index (χ1n) is 7.83. The molecule has 0 aliphatic heterocycles. The number of carbonyl (C=O) groups excluding carboxylic acids is 1. The molecular formula is C19H16ClFN2OS. The molecular weight excluding hydrogens is 359 g/mol. The van der Waals surface area contributed by atoms with Crippen LogP contribution < -0.4 is 4.90 Å². The summed E-state index contributed by atoms with van der Waals surface area (Å²) < 4.78 is 13.1. The lowest BCUT2D eigenvalue weighted by Crippen LogP contribution is -2.32. The van der Waals surface area contributed by atoms with Crippen LogP contribution in [0, 0.1) is 5.82 Å². The van der Waals surface area contributed by atoms with Crippen LogP contribution in [0.25, 0.3) is 10.6 Å². The Hall–Kier alpha value is -2.24. The number of amides is 1. The van der Waals surface area contributed by atoms with Crippen molar-refractivity contribution in [3.8, 4) is 10.6 Å². The minimum absolute atomic E-state index is 0.0675. The van der Waals surface area contributed by atoms with Gasteiger partial charge < -0.3 is 4.90 Å². The van der Waals surface area contributed by atoms with Gasteiger partial charge in [-0.05, 0) is 43.3 Å². The fourth-order valence-electron chi connectivity index (χ4n) is 2.49. The molecule has 128 valence electrons. The maximum atomic E-state index is 13.1. The summed E-state index contributed by atoms with van der Waals surface area (Å²) in [4.78, 5) is 18.8. The van der Waals surface area contributed by atoms with Crippen molar-refractivity contribution in [3.63, 3.8) is 0 Å². The molecule has 2 aromatic carbocycles. The van der Waals surface area contributed by atoms with Gasteiger partial charge in [0.15, 0.2) is 0 Å². The van der Waals surface area contributed by atoms with E-state index in [1.165, 1.54) is 23.5 Å². The molecule has 25 heavy (non-hydrogen) atoms. The van der Waals surface area contributed by atoms with Crippen LogP contribution in [0.5, 0.6) is 0 Å². The summed E-state index contributed by atoms with van der Waals surface area (Å²) in [5, 5.41) is 3.42. The van der Waals surface area contributed by atoms with Crippen LogP contribution in [0.4, 0.5) is 10.1 Å². The molecule has 3 rings (SSSR count). The van der Waals surface area contributed by atoms with Crippen LogP contribution >= 0.6 is 22.9 Å². The quantitative estimate of drug-likeness (QED) is 0.615. The van der Waals surface area contributed by atoms with Gasteiger partial charge in [0.05, 0.1) is 12.1 Å². The van der Waals surface area contributed by atoms with E-state index in [2.05, 4.69) is 4.98 Å². The molecule has 0 fully saturated rings. The number of hydrogen-bond donors (Lipinski definition) is 0. The molecule has 0 atom stereocenters. The van der Waals surface area contributed by atoms with Gasteiger partial charge in [0.2, 0.25) is 5.91 Å². The molecule has 1 amide bonds. The molecule has 1 heterocycles. The number of rotatable bonds is 5. The lowest BCUT2D eigenvalue weighted by atomic mass is 10.2. The highest BCUT2D eigenvalue weighted by molar-refractivity contribution is 7.13. The number of benzene rings is 2. The highest BCUT2D eigenvalue weighted by Gasteiger charge is 2.16. The van der Waals surface area contributed by atoms with E-state index in [0.717, 1.165) is 16.3 Å². The predicted octanol–water partition coefficient (Wildman–Crippen LogP) is 5.20. The predicted molar refractivity (Wildman–Crippen MR) is 101 cm³/mol. The Morgan fingerprint density at radius 3 is 2.48 bits per heavy atom. The minimum Gasteiger partial charge on any atom is -0.312 e. The molecule has 3 nitrogen and oxygen atoms in total. The van der Waals surface area contributed by atoms with E-state index >= 15 is 0 Å². The van der Waals surface area contributed by atoms with E-state index in [1.807, 2.05) is 36.6 Å². The number of thiazole rings is 1. The number of likely N-dealkylation sites (N-methyl/N-ethyl adjacent to an activating group) is 1. The molecule has 0 aliphatic carbocycles. The number of carbonyl (C=O) groups is 1. The smallest absolute Gasteiger partial charge is 0.233 e. The van der Waals surface area contributed by atoms with Crippen molar-refractivity contribution in [2.45, 2.75) is 13.3 Å². The first kappa shape index (κ1) is 17.6. The zero-order valence-corrected chi connectivity index (χ0v) is 15.1. The van der Waals surface area contributed by atoms with Crippen LogP contribution in [0.2, 0.25) is 5.02 Å². The van der Waals surface area contributed by atoms with Crippen molar-refractivity contribution in [1.82, 2.24) is 4.98 Å². The second kappa shape index (κ2) is 7.76. The second-order valence-corrected chi connectivity index (χ2v) is 6.74. The summed E-state index contributed by atoms with van der Waals surface area (Å²) in [7, 11) is 0. The average molecular weight is 375 g/mol. The lowest BCUT2D eigenvalue weighted by molar-refractivity contribution is -0.118. The van der Waals surface area contributed by atoms with Crippen molar-refractivity contribution >= 4 is 34.5 Å². The van der Waals surface area contributed by atoms with Crippen molar-refractivity contribution in [1.29, 1.82) is 0 Å². The fourth-order valence-corrected chi connectivity index (χ4v) is 3.44. The summed E-state index contributed by atoms with van der Waals surface area (Å²) in [5.74, 6) is -0.388. The summed E-state index contributed by atoms with van der Waals surface area (Å²) in [6, 6.07) is 13.4. The number of aromatic nitrogens is 1. The topological polar surface area (TPSA) is 33.2 Å². The Morgan fingerprint density at radius 2 is 1.84 bits per heavy atom. The third-order valence-corrected chi connectivity index (χ3v) is 4.92. The lowest BCUT2D eigenvalue weighted by Gasteiger charge is -2.20. The highest BCUT2D eigenvalue weighted by Crippen LogP contribution is 2.26. The molecule has 0 saturated carbocycles. The van der Waals surface area contributed by atoms with Gasteiger partial charge in [-0.25, -0.2) is 9.37 Å². The van der Waals surface area contributed by atoms with E-state index in [-0.39, 0.29) is 18.1 Å². The Bertz CT molecular complexity index is 862. The maximum Gasteiger partial charge on any atom is 0.233 e. The Kier molecular flexibility index (Phi) is 5.46. The molecule has 1 aromatic heterocycles.